The lowest BCUT2D eigenvalue weighted by Crippen LogP contribution is -2.47. The van der Waals surface area contributed by atoms with Crippen molar-refractivity contribution in [1.29, 1.82) is 0 Å². The highest BCUT2D eigenvalue weighted by Gasteiger charge is 2.22. The van der Waals surface area contributed by atoms with Gasteiger partial charge in [-0.15, -0.1) is 0 Å². The van der Waals surface area contributed by atoms with Crippen LogP contribution in [0.15, 0.2) is 30.3 Å². The maximum Gasteiger partial charge on any atom is 0.317 e. The molecule has 0 fully saturated rings. The lowest BCUT2D eigenvalue weighted by molar-refractivity contribution is -0.148. The summed E-state index contributed by atoms with van der Waals surface area (Å²) in [6, 6.07) is 8.94. The Morgan fingerprint density at radius 1 is 0.828 bits per heavy atom. The lowest BCUT2D eigenvalue weighted by atomic mass is 10.2. The molecule has 2 amide bonds. The Kier molecular flexibility index (Phi) is 10.6. The van der Waals surface area contributed by atoms with Crippen LogP contribution < -0.4 is 10.6 Å². The number of esters is 1. The molecule has 0 unspecified atom stereocenters. The van der Waals surface area contributed by atoms with Crippen molar-refractivity contribution in [2.75, 3.05) is 32.7 Å². The second kappa shape index (κ2) is 13.0. The summed E-state index contributed by atoms with van der Waals surface area (Å²) >= 11 is 0. The SMILES string of the molecule is O=C(O)CNCC(=O)N(CCC(=O)OCc1ccccc1)C(=O)CNCC(=O)O. The monoisotopic (exact) mass is 409 g/mol. The highest BCUT2D eigenvalue weighted by Crippen LogP contribution is 2.03. The molecule has 0 aliphatic rings. The van der Waals surface area contributed by atoms with Gasteiger partial charge in [0.15, 0.2) is 0 Å². The predicted molar refractivity (Wildman–Crippen MR) is 98.6 cm³/mol. The molecule has 1 rings (SSSR count). The first-order chi connectivity index (χ1) is 13.8. The van der Waals surface area contributed by atoms with E-state index in [0.717, 1.165) is 10.5 Å². The smallest absolute Gasteiger partial charge is 0.317 e. The highest BCUT2D eigenvalue weighted by atomic mass is 16.5. The fraction of sp³-hybridized carbons (Fsp3) is 0.389. The van der Waals surface area contributed by atoms with Gasteiger partial charge in [0, 0.05) is 6.54 Å². The van der Waals surface area contributed by atoms with Gasteiger partial charge in [-0.1, -0.05) is 30.3 Å². The number of nitrogens with zero attached hydrogens (tertiary/aromatic N) is 1. The van der Waals surface area contributed by atoms with Gasteiger partial charge >= 0.3 is 17.9 Å². The van der Waals surface area contributed by atoms with E-state index in [2.05, 4.69) is 10.6 Å². The van der Waals surface area contributed by atoms with Gasteiger partial charge in [0.25, 0.3) is 0 Å². The molecule has 1 aromatic carbocycles. The first-order valence-corrected chi connectivity index (χ1v) is 8.67. The van der Waals surface area contributed by atoms with Crippen LogP contribution in [0, 0.1) is 0 Å². The van der Waals surface area contributed by atoms with Crippen molar-refractivity contribution in [2.45, 2.75) is 13.0 Å². The first-order valence-electron chi connectivity index (χ1n) is 8.67. The summed E-state index contributed by atoms with van der Waals surface area (Å²) in [7, 11) is 0. The zero-order valence-corrected chi connectivity index (χ0v) is 15.6. The van der Waals surface area contributed by atoms with Gasteiger partial charge in [0.05, 0.1) is 32.6 Å². The van der Waals surface area contributed by atoms with E-state index in [1.807, 2.05) is 6.07 Å². The van der Waals surface area contributed by atoms with E-state index < -0.39 is 55.9 Å². The Hall–Kier alpha value is -3.31. The summed E-state index contributed by atoms with van der Waals surface area (Å²) in [4.78, 5) is 58.1. The van der Waals surface area contributed by atoms with Gasteiger partial charge < -0.3 is 14.9 Å². The number of hydrogen-bond acceptors (Lipinski definition) is 8. The molecule has 11 heteroatoms. The minimum atomic E-state index is -1.18. The molecule has 0 aromatic heterocycles. The molecular formula is C18H23N3O8. The van der Waals surface area contributed by atoms with Crippen LogP contribution in [0.4, 0.5) is 0 Å². The van der Waals surface area contributed by atoms with Crippen LogP contribution in [0.3, 0.4) is 0 Å². The molecule has 4 N–H and O–H groups in total. The van der Waals surface area contributed by atoms with Crippen LogP contribution in [0.5, 0.6) is 0 Å². The third-order valence-corrected chi connectivity index (χ3v) is 3.49. The fourth-order valence-corrected chi connectivity index (χ4v) is 2.15. The zero-order valence-electron chi connectivity index (χ0n) is 15.6. The Morgan fingerprint density at radius 3 is 1.83 bits per heavy atom. The van der Waals surface area contributed by atoms with Crippen LogP contribution in [0.2, 0.25) is 0 Å². The molecule has 0 aliphatic heterocycles. The molecule has 0 bridgehead atoms. The topological polar surface area (TPSA) is 162 Å². The molecule has 0 saturated carbocycles. The molecule has 158 valence electrons. The maximum absolute atomic E-state index is 12.2. The summed E-state index contributed by atoms with van der Waals surface area (Å²) < 4.78 is 5.09. The van der Waals surface area contributed by atoms with E-state index in [1.165, 1.54) is 0 Å². The van der Waals surface area contributed by atoms with Gasteiger partial charge in [-0.25, -0.2) is 0 Å². The minimum absolute atomic E-state index is 0.0436. The van der Waals surface area contributed by atoms with E-state index in [0.29, 0.717) is 0 Å². The number of carboxylic acid groups (broad SMARTS) is 2. The number of benzene rings is 1. The second-order valence-electron chi connectivity index (χ2n) is 5.83. The van der Waals surface area contributed by atoms with E-state index in [1.54, 1.807) is 24.3 Å². The van der Waals surface area contributed by atoms with E-state index in [4.69, 9.17) is 14.9 Å². The third kappa shape index (κ3) is 10.6. The summed E-state index contributed by atoms with van der Waals surface area (Å²) in [6.07, 6.45) is -0.262. The van der Waals surface area contributed by atoms with Crippen molar-refractivity contribution in [1.82, 2.24) is 15.5 Å². The largest absolute Gasteiger partial charge is 0.480 e. The van der Waals surface area contributed by atoms with E-state index in [9.17, 15) is 24.0 Å². The summed E-state index contributed by atoms with van der Waals surface area (Å²) in [6.45, 7) is -2.07. The molecule has 0 atom stereocenters. The molecule has 0 heterocycles. The van der Waals surface area contributed by atoms with Crippen molar-refractivity contribution >= 4 is 29.7 Å². The molecule has 11 nitrogen and oxygen atoms in total. The predicted octanol–water partition coefficient (Wildman–Crippen LogP) is -1.18. The van der Waals surface area contributed by atoms with Gasteiger partial charge in [0.1, 0.15) is 6.61 Å². The molecular weight excluding hydrogens is 386 g/mol. The Bertz CT molecular complexity index is 691. The number of nitrogens with one attached hydrogen (secondary N) is 2. The van der Waals surface area contributed by atoms with Crippen molar-refractivity contribution < 1.29 is 38.9 Å². The summed E-state index contributed by atoms with van der Waals surface area (Å²) in [5, 5.41) is 21.9. The Morgan fingerprint density at radius 2 is 1.34 bits per heavy atom. The first kappa shape index (κ1) is 23.7. The van der Waals surface area contributed by atoms with Gasteiger partial charge in [0.2, 0.25) is 11.8 Å². The number of aliphatic carboxylic acids is 2. The number of ether oxygens (including phenoxy) is 1. The Balaban J connectivity index is 2.57. The fourth-order valence-electron chi connectivity index (χ4n) is 2.15. The normalized spacial score (nSPS) is 10.2. The quantitative estimate of drug-likeness (QED) is 0.292. The van der Waals surface area contributed by atoms with Crippen molar-refractivity contribution in [3.05, 3.63) is 35.9 Å². The van der Waals surface area contributed by atoms with Crippen molar-refractivity contribution in [3.8, 4) is 0 Å². The van der Waals surface area contributed by atoms with E-state index in [-0.39, 0.29) is 19.6 Å². The molecule has 29 heavy (non-hydrogen) atoms. The van der Waals surface area contributed by atoms with Crippen molar-refractivity contribution in [2.24, 2.45) is 0 Å². The van der Waals surface area contributed by atoms with Crippen LogP contribution in [-0.2, 0) is 35.3 Å². The molecule has 0 saturated heterocycles. The van der Waals surface area contributed by atoms with Crippen LogP contribution in [0.1, 0.15) is 12.0 Å². The number of carbonyl (C=O) groups is 5. The van der Waals surface area contributed by atoms with Crippen LogP contribution >= 0.6 is 0 Å². The average molecular weight is 409 g/mol. The molecule has 1 aromatic rings. The number of hydrogen-bond donors (Lipinski definition) is 4. The highest BCUT2D eigenvalue weighted by molar-refractivity contribution is 5.97. The standard InChI is InChI=1S/C18H23N3O8/c22-14(8-19-10-16(24)25)21(15(23)9-20-11-17(26)27)7-6-18(28)29-12-13-4-2-1-3-5-13/h1-5,19-20H,6-12H2,(H,24,25)(H,26,27). The summed E-state index contributed by atoms with van der Waals surface area (Å²) in [5.41, 5.74) is 0.778. The Labute approximate surface area is 166 Å². The number of amides is 2. The van der Waals surface area contributed by atoms with E-state index >= 15 is 0 Å². The maximum atomic E-state index is 12.2. The number of imide groups is 1. The second-order valence-corrected chi connectivity index (χ2v) is 5.83. The van der Waals surface area contributed by atoms with Gasteiger partial charge in [-0.3, -0.25) is 39.5 Å². The number of carbonyl (C=O) groups excluding carboxylic acids is 3. The number of rotatable bonds is 13. The lowest BCUT2D eigenvalue weighted by Gasteiger charge is -2.21. The van der Waals surface area contributed by atoms with Crippen molar-refractivity contribution in [3.63, 3.8) is 0 Å². The van der Waals surface area contributed by atoms with Gasteiger partial charge in [-0.05, 0) is 5.56 Å². The average Bonchev–Trinajstić information content (AvgIpc) is 2.66. The van der Waals surface area contributed by atoms with Gasteiger partial charge in [-0.2, -0.15) is 0 Å². The molecule has 0 spiro atoms. The minimum Gasteiger partial charge on any atom is -0.480 e. The molecule has 0 aliphatic carbocycles. The summed E-state index contributed by atoms with van der Waals surface area (Å²) in [5.74, 6) is -4.48. The van der Waals surface area contributed by atoms with Crippen LogP contribution in [-0.4, -0.2) is 77.6 Å². The number of carboxylic acids is 2. The van der Waals surface area contributed by atoms with Crippen LogP contribution in [0.25, 0.3) is 0 Å². The molecule has 0 radical (unpaired) electrons. The zero-order chi connectivity index (χ0) is 21.6. The third-order valence-electron chi connectivity index (χ3n) is 3.49.